The maximum Gasteiger partial charge on any atom is 0.276 e. The molecule has 0 saturated carbocycles. The summed E-state index contributed by atoms with van der Waals surface area (Å²) in [4.78, 5) is 12.5. The number of aromatic hydroxyl groups is 1. The molecular formula is C17H25ClN4O2. The number of amides is 1. The number of halogens is 1. The molecule has 1 heterocycles. The van der Waals surface area contributed by atoms with Crippen molar-refractivity contribution in [3.8, 4) is 11.4 Å². The van der Waals surface area contributed by atoms with Crippen LogP contribution in [0.1, 0.15) is 37.7 Å². The lowest BCUT2D eigenvalue weighted by atomic mass is 9.90. The zero-order valence-electron chi connectivity index (χ0n) is 14.2. The van der Waals surface area contributed by atoms with E-state index in [1.165, 1.54) is 10.9 Å². The topological polar surface area (TPSA) is 93.2 Å². The molecule has 1 amide bonds. The van der Waals surface area contributed by atoms with Gasteiger partial charge in [0.1, 0.15) is 0 Å². The van der Waals surface area contributed by atoms with E-state index in [1.807, 2.05) is 37.3 Å². The number of benzene rings is 1. The number of aromatic nitrogens is 2. The Balaban J connectivity index is 0.00000288. The van der Waals surface area contributed by atoms with E-state index in [4.69, 9.17) is 5.73 Å². The Labute approximate surface area is 148 Å². The minimum absolute atomic E-state index is 0. The molecule has 0 aliphatic heterocycles. The van der Waals surface area contributed by atoms with Gasteiger partial charge in [0.25, 0.3) is 5.91 Å². The largest absolute Gasteiger partial charge is 0.504 e. The first-order valence-corrected chi connectivity index (χ1v) is 7.71. The maximum absolute atomic E-state index is 12.5. The van der Waals surface area contributed by atoms with E-state index in [1.54, 1.807) is 0 Å². The molecule has 0 fully saturated rings. The Kier molecular flexibility index (Phi) is 6.81. The molecule has 1 aromatic carbocycles. The second-order valence-electron chi connectivity index (χ2n) is 6.46. The van der Waals surface area contributed by atoms with Crippen LogP contribution < -0.4 is 11.1 Å². The fourth-order valence-corrected chi connectivity index (χ4v) is 2.66. The standard InChI is InChI=1S/C17H24N4O2.ClH/c1-12(2)9-17(3,11-18)19-16(23)15-14(22)10-21(20-15)13-7-5-4-6-8-13;/h4-8,10,12,22H,9,11,18H2,1-3H3,(H,19,23);1H. The van der Waals surface area contributed by atoms with Crippen LogP contribution in [0.5, 0.6) is 5.75 Å². The number of rotatable bonds is 6. The number of hydrogen-bond acceptors (Lipinski definition) is 4. The zero-order valence-corrected chi connectivity index (χ0v) is 15.0. The third-order valence-corrected chi connectivity index (χ3v) is 3.66. The number of carbonyl (C=O) groups is 1. The Hall–Kier alpha value is -2.05. The van der Waals surface area contributed by atoms with Gasteiger partial charge in [0.05, 0.1) is 17.4 Å². The summed E-state index contributed by atoms with van der Waals surface area (Å²) in [5.41, 5.74) is 6.05. The molecule has 2 rings (SSSR count). The van der Waals surface area contributed by atoms with Crippen LogP contribution in [0.15, 0.2) is 36.5 Å². The zero-order chi connectivity index (χ0) is 17.0. The fourth-order valence-electron chi connectivity index (χ4n) is 2.66. The van der Waals surface area contributed by atoms with Crippen molar-refractivity contribution in [2.24, 2.45) is 11.7 Å². The van der Waals surface area contributed by atoms with E-state index in [2.05, 4.69) is 24.3 Å². The molecule has 132 valence electrons. The van der Waals surface area contributed by atoms with Gasteiger partial charge in [-0.25, -0.2) is 4.68 Å². The van der Waals surface area contributed by atoms with E-state index >= 15 is 0 Å². The van der Waals surface area contributed by atoms with Crippen LogP contribution in [0.25, 0.3) is 5.69 Å². The van der Waals surface area contributed by atoms with Crippen LogP contribution in [-0.2, 0) is 0 Å². The van der Waals surface area contributed by atoms with Crippen molar-refractivity contribution < 1.29 is 9.90 Å². The van der Waals surface area contributed by atoms with Gasteiger partial charge in [0.15, 0.2) is 11.4 Å². The lowest BCUT2D eigenvalue weighted by molar-refractivity contribution is 0.0890. The molecule has 1 unspecified atom stereocenters. The number of hydrogen-bond donors (Lipinski definition) is 3. The summed E-state index contributed by atoms with van der Waals surface area (Å²) in [6.07, 6.45) is 2.17. The average Bonchev–Trinajstić information content (AvgIpc) is 2.89. The highest BCUT2D eigenvalue weighted by Gasteiger charge is 2.28. The van der Waals surface area contributed by atoms with Crippen molar-refractivity contribution in [1.82, 2.24) is 15.1 Å². The molecule has 0 aliphatic rings. The van der Waals surface area contributed by atoms with Gasteiger partial charge in [-0.15, -0.1) is 12.4 Å². The quantitative estimate of drug-likeness (QED) is 0.744. The summed E-state index contributed by atoms with van der Waals surface area (Å²) in [5, 5.41) is 17.1. The average molecular weight is 353 g/mol. The van der Waals surface area contributed by atoms with Crippen LogP contribution in [0.2, 0.25) is 0 Å². The summed E-state index contributed by atoms with van der Waals surface area (Å²) in [6.45, 7) is 6.36. The molecule has 0 saturated heterocycles. The number of nitrogens with two attached hydrogens (primary N) is 1. The molecule has 7 heteroatoms. The molecule has 24 heavy (non-hydrogen) atoms. The maximum atomic E-state index is 12.5. The smallest absolute Gasteiger partial charge is 0.276 e. The predicted octanol–water partition coefficient (Wildman–Crippen LogP) is 2.49. The van der Waals surface area contributed by atoms with Crippen molar-refractivity contribution in [1.29, 1.82) is 0 Å². The predicted molar refractivity (Wildman–Crippen MR) is 96.9 cm³/mol. The lowest BCUT2D eigenvalue weighted by Crippen LogP contribution is -2.52. The van der Waals surface area contributed by atoms with Crippen LogP contribution in [0, 0.1) is 5.92 Å². The van der Waals surface area contributed by atoms with E-state index in [9.17, 15) is 9.90 Å². The lowest BCUT2D eigenvalue weighted by Gasteiger charge is -2.30. The first kappa shape index (κ1) is 20.0. The second-order valence-corrected chi connectivity index (χ2v) is 6.46. The van der Waals surface area contributed by atoms with Crippen LogP contribution in [-0.4, -0.2) is 32.9 Å². The first-order valence-electron chi connectivity index (χ1n) is 7.71. The summed E-state index contributed by atoms with van der Waals surface area (Å²) in [6, 6.07) is 9.30. The molecule has 1 atom stereocenters. The van der Waals surface area contributed by atoms with E-state index in [0.29, 0.717) is 12.5 Å². The van der Waals surface area contributed by atoms with Crippen LogP contribution in [0.3, 0.4) is 0 Å². The minimum Gasteiger partial charge on any atom is -0.504 e. The Morgan fingerprint density at radius 2 is 2.00 bits per heavy atom. The highest BCUT2D eigenvalue weighted by atomic mass is 35.5. The molecule has 1 aromatic heterocycles. The van der Waals surface area contributed by atoms with Crippen molar-refractivity contribution in [2.75, 3.05) is 6.54 Å². The Bertz CT molecular complexity index is 672. The van der Waals surface area contributed by atoms with Gasteiger partial charge in [-0.05, 0) is 31.4 Å². The molecule has 6 nitrogen and oxygen atoms in total. The van der Waals surface area contributed by atoms with E-state index in [-0.39, 0.29) is 23.9 Å². The van der Waals surface area contributed by atoms with E-state index in [0.717, 1.165) is 12.1 Å². The van der Waals surface area contributed by atoms with Crippen molar-refractivity contribution in [3.05, 3.63) is 42.2 Å². The minimum atomic E-state index is -0.534. The third kappa shape index (κ3) is 4.72. The van der Waals surface area contributed by atoms with Gasteiger partial charge in [0.2, 0.25) is 0 Å². The Morgan fingerprint density at radius 1 is 1.38 bits per heavy atom. The second kappa shape index (κ2) is 8.17. The monoisotopic (exact) mass is 352 g/mol. The van der Waals surface area contributed by atoms with Crippen molar-refractivity contribution in [3.63, 3.8) is 0 Å². The number of para-hydroxylation sites is 1. The SMILES string of the molecule is CC(C)CC(C)(CN)NC(=O)c1nn(-c2ccccc2)cc1O.Cl. The van der Waals surface area contributed by atoms with Crippen molar-refractivity contribution in [2.45, 2.75) is 32.7 Å². The molecule has 2 aromatic rings. The number of carbonyl (C=O) groups excluding carboxylic acids is 1. The van der Waals surface area contributed by atoms with E-state index < -0.39 is 11.4 Å². The highest BCUT2D eigenvalue weighted by Crippen LogP contribution is 2.21. The van der Waals surface area contributed by atoms with Gasteiger partial charge in [0, 0.05) is 6.54 Å². The summed E-state index contributed by atoms with van der Waals surface area (Å²) < 4.78 is 1.48. The fraction of sp³-hybridized carbons (Fsp3) is 0.412. The summed E-state index contributed by atoms with van der Waals surface area (Å²) in [7, 11) is 0. The van der Waals surface area contributed by atoms with Gasteiger partial charge in [-0.1, -0.05) is 32.0 Å². The Morgan fingerprint density at radius 3 is 2.54 bits per heavy atom. The van der Waals surface area contributed by atoms with Gasteiger partial charge >= 0.3 is 0 Å². The van der Waals surface area contributed by atoms with Gasteiger partial charge in [-0.2, -0.15) is 5.10 Å². The van der Waals surface area contributed by atoms with Gasteiger partial charge in [-0.3, -0.25) is 4.79 Å². The number of nitrogens with one attached hydrogen (secondary N) is 1. The van der Waals surface area contributed by atoms with Gasteiger partial charge < -0.3 is 16.2 Å². The summed E-state index contributed by atoms with van der Waals surface area (Å²) >= 11 is 0. The first-order chi connectivity index (χ1) is 10.8. The third-order valence-electron chi connectivity index (χ3n) is 3.66. The molecule has 0 aliphatic carbocycles. The summed E-state index contributed by atoms with van der Waals surface area (Å²) in [5.74, 6) is -0.194. The molecule has 0 spiro atoms. The molecule has 4 N–H and O–H groups in total. The molecule has 0 bridgehead atoms. The van der Waals surface area contributed by atoms with Crippen molar-refractivity contribution >= 4 is 18.3 Å². The highest BCUT2D eigenvalue weighted by molar-refractivity contribution is 5.95. The molecule has 0 radical (unpaired) electrons. The normalized spacial score (nSPS) is 13.2. The van der Waals surface area contributed by atoms with Crippen LogP contribution >= 0.6 is 12.4 Å². The molecular weight excluding hydrogens is 328 g/mol. The number of nitrogens with zero attached hydrogens (tertiary/aromatic N) is 2. The van der Waals surface area contributed by atoms with Crippen LogP contribution in [0.4, 0.5) is 0 Å².